The van der Waals surface area contributed by atoms with Crippen LogP contribution in [0.4, 0.5) is 0 Å². The summed E-state index contributed by atoms with van der Waals surface area (Å²) in [6, 6.07) is 7.90. The number of benzene rings is 1. The Balaban J connectivity index is 2.31. The lowest BCUT2D eigenvalue weighted by atomic mass is 10.0. The number of nitrogens with one attached hydrogen (secondary N) is 1. The predicted octanol–water partition coefficient (Wildman–Crippen LogP) is 4.11. The van der Waals surface area contributed by atoms with Gasteiger partial charge in [0.05, 0.1) is 13.2 Å². The lowest BCUT2D eigenvalue weighted by Crippen LogP contribution is -2.36. The first kappa shape index (κ1) is 17.4. The van der Waals surface area contributed by atoms with E-state index in [9.17, 15) is 4.57 Å². The van der Waals surface area contributed by atoms with Crippen molar-refractivity contribution in [1.82, 2.24) is 5.32 Å². The molecule has 0 radical (unpaired) electrons. The van der Waals surface area contributed by atoms with Gasteiger partial charge in [-0.1, -0.05) is 29.8 Å². The molecule has 0 saturated heterocycles. The van der Waals surface area contributed by atoms with E-state index < -0.39 is 13.3 Å². The summed E-state index contributed by atoms with van der Waals surface area (Å²) in [4.78, 5) is 0. The van der Waals surface area contributed by atoms with Crippen molar-refractivity contribution >= 4 is 20.2 Å². The minimum atomic E-state index is -3.47. The fraction of sp³-hybridized carbons (Fsp3) is 0.467. The summed E-state index contributed by atoms with van der Waals surface area (Å²) in [5.74, 6) is 0. The first-order valence-corrected chi connectivity index (χ1v) is 9.21. The predicted molar refractivity (Wildman–Crippen MR) is 89.6 cm³/mol. The average molecular weight is 343 g/mol. The molecule has 0 aliphatic carbocycles. The zero-order chi connectivity index (χ0) is 16.4. The fourth-order valence-electron chi connectivity index (χ4n) is 2.24. The highest BCUT2D eigenvalue weighted by molar-refractivity contribution is 7.84. The van der Waals surface area contributed by atoms with E-state index in [0.717, 1.165) is 11.1 Å². The quantitative estimate of drug-likeness (QED) is 0.601. The molecule has 0 amide bonds. The van der Waals surface area contributed by atoms with Gasteiger partial charge in [-0.15, -0.1) is 12.6 Å². The van der Waals surface area contributed by atoms with Crippen LogP contribution in [0.5, 0.6) is 0 Å². The van der Waals surface area contributed by atoms with Gasteiger partial charge in [0.2, 0.25) is 5.72 Å². The maximum absolute atomic E-state index is 12.9. The molecule has 1 N–H and O–H groups in total. The number of rotatable bonds is 6. The molecule has 0 spiro atoms. The Morgan fingerprint density at radius 1 is 1.23 bits per heavy atom. The highest BCUT2D eigenvalue weighted by Gasteiger charge is 2.45. The minimum Gasteiger partial charge on any atom is -0.456 e. The highest BCUT2D eigenvalue weighted by Crippen LogP contribution is 2.59. The third-order valence-corrected chi connectivity index (χ3v) is 5.88. The molecule has 1 aromatic rings. The van der Waals surface area contributed by atoms with E-state index in [-0.39, 0.29) is 23.7 Å². The molecule has 1 unspecified atom stereocenters. The maximum Gasteiger partial charge on any atom is 0.381 e. The van der Waals surface area contributed by atoms with Crippen LogP contribution in [0.1, 0.15) is 31.9 Å². The molecular formula is C15H22NO4PS. The van der Waals surface area contributed by atoms with Gasteiger partial charge in [0, 0.05) is 5.56 Å². The second kappa shape index (κ2) is 6.67. The van der Waals surface area contributed by atoms with Crippen LogP contribution in [-0.4, -0.2) is 13.2 Å². The van der Waals surface area contributed by atoms with Gasteiger partial charge in [-0.2, -0.15) is 0 Å². The van der Waals surface area contributed by atoms with Gasteiger partial charge < -0.3 is 19.1 Å². The molecule has 7 heteroatoms. The average Bonchev–Trinajstić information content (AvgIpc) is 2.77. The van der Waals surface area contributed by atoms with Crippen LogP contribution in [0.25, 0.3) is 0 Å². The fourth-order valence-corrected chi connectivity index (χ4v) is 4.49. The van der Waals surface area contributed by atoms with Crippen LogP contribution in [0, 0.1) is 6.92 Å². The van der Waals surface area contributed by atoms with Crippen molar-refractivity contribution in [2.24, 2.45) is 0 Å². The maximum atomic E-state index is 12.9. The molecule has 0 aromatic heterocycles. The van der Waals surface area contributed by atoms with Gasteiger partial charge >= 0.3 is 7.60 Å². The van der Waals surface area contributed by atoms with E-state index in [1.54, 1.807) is 13.8 Å². The van der Waals surface area contributed by atoms with Gasteiger partial charge in [-0.3, -0.25) is 4.57 Å². The second-order valence-corrected chi connectivity index (χ2v) is 7.48. The van der Waals surface area contributed by atoms with Crippen molar-refractivity contribution in [3.63, 3.8) is 0 Å². The third kappa shape index (κ3) is 3.35. The first-order chi connectivity index (χ1) is 10.3. The van der Waals surface area contributed by atoms with Crippen molar-refractivity contribution in [1.29, 1.82) is 0 Å². The molecule has 2 rings (SSSR count). The van der Waals surface area contributed by atoms with Crippen LogP contribution < -0.4 is 5.32 Å². The number of thiol groups is 1. The van der Waals surface area contributed by atoms with Crippen molar-refractivity contribution in [2.45, 2.75) is 33.4 Å². The summed E-state index contributed by atoms with van der Waals surface area (Å²) in [5.41, 5.74) is 1.46. The van der Waals surface area contributed by atoms with Crippen LogP contribution in [-0.2, 0) is 24.1 Å². The lowest BCUT2D eigenvalue weighted by Gasteiger charge is -2.27. The van der Waals surface area contributed by atoms with Gasteiger partial charge in [0.25, 0.3) is 0 Å². The van der Waals surface area contributed by atoms with E-state index >= 15 is 0 Å². The summed E-state index contributed by atoms with van der Waals surface area (Å²) in [6.45, 7) is 7.93. The molecule has 1 atom stereocenters. The first-order valence-electron chi connectivity index (χ1n) is 7.22. The monoisotopic (exact) mass is 343 g/mol. The van der Waals surface area contributed by atoms with E-state index in [1.807, 2.05) is 38.1 Å². The zero-order valence-electron chi connectivity index (χ0n) is 13.3. The molecule has 0 bridgehead atoms. The summed E-state index contributed by atoms with van der Waals surface area (Å²) in [7, 11) is -3.47. The van der Waals surface area contributed by atoms with Gasteiger partial charge in [0.15, 0.2) is 10.5 Å². The Kier molecular flexibility index (Phi) is 5.28. The van der Waals surface area contributed by atoms with Crippen molar-refractivity contribution in [3.05, 3.63) is 45.9 Å². The van der Waals surface area contributed by atoms with Crippen LogP contribution >= 0.6 is 20.2 Å². The Labute approximate surface area is 137 Å². The Morgan fingerprint density at radius 2 is 1.77 bits per heavy atom. The minimum absolute atomic E-state index is 0.230. The standard InChI is InChI=1S/C15H22NO4PS/c1-5-18-21(17,19-6-2)13-14(22)20-15(4,16-13)12-9-7-11(3)8-10-12/h7-10,16,22H,5-6H2,1-4H3. The summed E-state index contributed by atoms with van der Waals surface area (Å²) in [5, 5.41) is 3.36. The molecule has 5 nitrogen and oxygen atoms in total. The van der Waals surface area contributed by atoms with E-state index in [0.29, 0.717) is 0 Å². The molecule has 1 aliphatic rings. The van der Waals surface area contributed by atoms with Gasteiger partial charge in [-0.05, 0) is 27.7 Å². The van der Waals surface area contributed by atoms with E-state index in [1.165, 1.54) is 0 Å². The van der Waals surface area contributed by atoms with Crippen LogP contribution in [0.3, 0.4) is 0 Å². The number of ether oxygens (including phenoxy) is 1. The van der Waals surface area contributed by atoms with Crippen LogP contribution in [0.15, 0.2) is 34.8 Å². The highest BCUT2D eigenvalue weighted by atomic mass is 32.1. The summed E-state index contributed by atoms with van der Waals surface area (Å²) < 4.78 is 29.4. The van der Waals surface area contributed by atoms with Crippen molar-refractivity contribution in [3.8, 4) is 0 Å². The topological polar surface area (TPSA) is 56.8 Å². The Morgan fingerprint density at radius 3 is 2.27 bits per heavy atom. The lowest BCUT2D eigenvalue weighted by molar-refractivity contribution is 0.0343. The molecule has 0 fully saturated rings. The number of aryl methyl sites for hydroxylation is 1. The Hall–Kier alpha value is -0.940. The summed E-state index contributed by atoms with van der Waals surface area (Å²) in [6.07, 6.45) is 0. The SMILES string of the molecule is CCOP(=O)(OCC)C1=C(S)OC(C)(c2ccc(C)cc2)N1. The van der Waals surface area contributed by atoms with Crippen molar-refractivity contribution < 1.29 is 18.3 Å². The van der Waals surface area contributed by atoms with E-state index in [4.69, 9.17) is 13.8 Å². The molecule has 1 aromatic carbocycles. The molecule has 22 heavy (non-hydrogen) atoms. The molecule has 1 heterocycles. The molecular weight excluding hydrogens is 321 g/mol. The van der Waals surface area contributed by atoms with Crippen molar-refractivity contribution in [2.75, 3.05) is 13.2 Å². The number of hydrogen-bond donors (Lipinski definition) is 2. The Bertz CT molecular complexity index is 606. The second-order valence-electron chi connectivity index (χ2n) is 5.11. The molecule has 0 saturated carbocycles. The smallest absolute Gasteiger partial charge is 0.381 e. The van der Waals surface area contributed by atoms with Gasteiger partial charge in [-0.25, -0.2) is 0 Å². The van der Waals surface area contributed by atoms with E-state index in [2.05, 4.69) is 17.9 Å². The third-order valence-electron chi connectivity index (χ3n) is 3.33. The summed E-state index contributed by atoms with van der Waals surface area (Å²) >= 11 is 4.31. The largest absolute Gasteiger partial charge is 0.456 e. The molecule has 1 aliphatic heterocycles. The van der Waals surface area contributed by atoms with Crippen LogP contribution in [0.2, 0.25) is 0 Å². The normalized spacial score (nSPS) is 21.7. The molecule has 122 valence electrons. The number of hydrogen-bond acceptors (Lipinski definition) is 6. The van der Waals surface area contributed by atoms with Gasteiger partial charge in [0.1, 0.15) is 0 Å². The zero-order valence-corrected chi connectivity index (χ0v) is 15.0.